The minimum absolute atomic E-state index is 0.0201. The fourth-order valence-electron chi connectivity index (χ4n) is 2.15. The van der Waals surface area contributed by atoms with Gasteiger partial charge in [-0.1, -0.05) is 39.3 Å². The molecule has 1 aromatic carbocycles. The van der Waals surface area contributed by atoms with Crippen molar-refractivity contribution in [3.8, 4) is 0 Å². The highest BCUT2D eigenvalue weighted by Gasteiger charge is 2.14. The third kappa shape index (κ3) is 4.62. The van der Waals surface area contributed by atoms with Crippen LogP contribution in [-0.2, 0) is 17.6 Å². The van der Waals surface area contributed by atoms with Crippen LogP contribution < -0.4 is 0 Å². The second-order valence-electron chi connectivity index (χ2n) is 4.94. The zero-order valence-corrected chi connectivity index (χ0v) is 12.3. The van der Waals surface area contributed by atoms with Crippen LogP contribution in [0.25, 0.3) is 0 Å². The van der Waals surface area contributed by atoms with Crippen molar-refractivity contribution in [2.45, 2.75) is 59.3 Å². The minimum atomic E-state index is -0.0201. The van der Waals surface area contributed by atoms with Crippen LogP contribution in [-0.4, -0.2) is 11.6 Å². The van der Waals surface area contributed by atoms with E-state index in [-0.39, 0.29) is 18.0 Å². The Morgan fingerprint density at radius 1 is 1.05 bits per heavy atom. The van der Waals surface area contributed by atoms with Gasteiger partial charge in [0.2, 0.25) is 0 Å². The van der Waals surface area contributed by atoms with E-state index in [0.29, 0.717) is 6.42 Å². The van der Waals surface area contributed by atoms with Gasteiger partial charge in [-0.05, 0) is 36.5 Å². The van der Waals surface area contributed by atoms with Crippen molar-refractivity contribution in [1.29, 1.82) is 0 Å². The van der Waals surface area contributed by atoms with Gasteiger partial charge in [0.25, 0.3) is 0 Å². The molecule has 0 saturated carbocycles. The topological polar surface area (TPSA) is 34.1 Å². The van der Waals surface area contributed by atoms with E-state index >= 15 is 0 Å². The Labute approximate surface area is 116 Å². The van der Waals surface area contributed by atoms with Crippen LogP contribution >= 0.6 is 0 Å². The summed E-state index contributed by atoms with van der Waals surface area (Å²) in [6.45, 7) is 6.16. The highest BCUT2D eigenvalue weighted by Crippen LogP contribution is 2.16. The molecule has 0 aliphatic carbocycles. The molecular weight excluding hydrogens is 236 g/mol. The number of aryl methyl sites for hydroxylation is 2. The molecule has 1 aromatic rings. The van der Waals surface area contributed by atoms with Crippen LogP contribution in [0.1, 0.15) is 67.9 Å². The van der Waals surface area contributed by atoms with Crippen molar-refractivity contribution in [2.24, 2.45) is 0 Å². The van der Waals surface area contributed by atoms with Crippen LogP contribution in [0.3, 0.4) is 0 Å². The Morgan fingerprint density at radius 2 is 1.79 bits per heavy atom. The maximum Gasteiger partial charge on any atom is 0.170 e. The zero-order chi connectivity index (χ0) is 14.3. The highest BCUT2D eigenvalue weighted by molar-refractivity contribution is 6.08. The van der Waals surface area contributed by atoms with Crippen molar-refractivity contribution >= 4 is 11.6 Å². The summed E-state index contributed by atoms with van der Waals surface area (Å²) in [5.41, 5.74) is 2.94. The molecule has 0 fully saturated rings. The van der Waals surface area contributed by atoms with Crippen molar-refractivity contribution in [2.75, 3.05) is 0 Å². The molecular formula is C17H24O2. The quantitative estimate of drug-likeness (QED) is 0.520. The average molecular weight is 260 g/mol. The first-order valence-electron chi connectivity index (χ1n) is 7.29. The van der Waals surface area contributed by atoms with Gasteiger partial charge in [0.05, 0.1) is 6.42 Å². The van der Waals surface area contributed by atoms with Gasteiger partial charge in [-0.25, -0.2) is 0 Å². The van der Waals surface area contributed by atoms with E-state index < -0.39 is 0 Å². The Bertz CT molecular complexity index is 447. The molecule has 2 heteroatoms. The van der Waals surface area contributed by atoms with Crippen molar-refractivity contribution < 1.29 is 9.59 Å². The molecule has 1 rings (SSSR count). The molecule has 0 spiro atoms. The van der Waals surface area contributed by atoms with E-state index in [2.05, 4.69) is 19.9 Å². The largest absolute Gasteiger partial charge is 0.299 e. The average Bonchev–Trinajstić information content (AvgIpc) is 2.44. The first-order valence-corrected chi connectivity index (χ1v) is 7.29. The number of hydrogen-bond donors (Lipinski definition) is 0. The molecule has 0 radical (unpaired) electrons. The summed E-state index contributed by atoms with van der Waals surface area (Å²) in [5.74, 6) is 0.0454. The lowest BCUT2D eigenvalue weighted by Gasteiger charge is -2.09. The minimum Gasteiger partial charge on any atom is -0.299 e. The smallest absolute Gasteiger partial charge is 0.170 e. The van der Waals surface area contributed by atoms with Crippen molar-refractivity contribution in [3.05, 3.63) is 34.9 Å². The molecule has 0 aromatic heterocycles. The van der Waals surface area contributed by atoms with E-state index in [4.69, 9.17) is 0 Å². The van der Waals surface area contributed by atoms with E-state index in [1.807, 2.05) is 19.1 Å². The van der Waals surface area contributed by atoms with Crippen LogP contribution in [0.2, 0.25) is 0 Å². The number of Topliss-reactive ketones (excluding diaryl/α,β-unsaturated/α-hetero) is 2. The summed E-state index contributed by atoms with van der Waals surface area (Å²) in [5, 5.41) is 0. The second-order valence-corrected chi connectivity index (χ2v) is 4.94. The molecule has 0 N–H and O–H groups in total. The number of carbonyl (C=O) groups is 2. The monoisotopic (exact) mass is 260 g/mol. The molecule has 0 heterocycles. The summed E-state index contributed by atoms with van der Waals surface area (Å²) in [7, 11) is 0. The summed E-state index contributed by atoms with van der Waals surface area (Å²) in [4.78, 5) is 24.0. The van der Waals surface area contributed by atoms with Gasteiger partial charge < -0.3 is 0 Å². The molecule has 0 saturated heterocycles. The summed E-state index contributed by atoms with van der Waals surface area (Å²) in [6.07, 6.45) is 4.19. The molecule has 0 bridgehead atoms. The number of carbonyl (C=O) groups excluding carboxylic acids is 2. The van der Waals surface area contributed by atoms with Gasteiger partial charge in [0.1, 0.15) is 5.78 Å². The summed E-state index contributed by atoms with van der Waals surface area (Å²) in [6, 6.07) is 6.03. The first-order chi connectivity index (χ1) is 9.12. The predicted molar refractivity (Wildman–Crippen MR) is 78.7 cm³/mol. The Morgan fingerprint density at radius 3 is 2.37 bits per heavy atom. The van der Waals surface area contributed by atoms with Crippen molar-refractivity contribution in [3.63, 3.8) is 0 Å². The van der Waals surface area contributed by atoms with Gasteiger partial charge >= 0.3 is 0 Å². The third-order valence-electron chi connectivity index (χ3n) is 3.43. The van der Waals surface area contributed by atoms with Gasteiger partial charge in [0.15, 0.2) is 5.78 Å². The van der Waals surface area contributed by atoms with E-state index in [1.54, 1.807) is 0 Å². The Hall–Kier alpha value is -1.44. The van der Waals surface area contributed by atoms with Crippen LogP contribution in [0.15, 0.2) is 18.2 Å². The van der Waals surface area contributed by atoms with Gasteiger partial charge in [-0.3, -0.25) is 9.59 Å². The molecule has 0 aliphatic heterocycles. The fraction of sp³-hybridized carbons (Fsp3) is 0.529. The molecule has 0 atom stereocenters. The third-order valence-corrected chi connectivity index (χ3v) is 3.43. The zero-order valence-electron chi connectivity index (χ0n) is 12.3. The lowest BCUT2D eigenvalue weighted by Crippen LogP contribution is -2.10. The fourth-order valence-corrected chi connectivity index (χ4v) is 2.15. The first kappa shape index (κ1) is 15.6. The number of hydrogen-bond acceptors (Lipinski definition) is 2. The SMILES string of the molecule is CCCCC(=O)CC(=O)c1cc(CC)ccc1CC. The van der Waals surface area contributed by atoms with Crippen molar-refractivity contribution in [1.82, 2.24) is 0 Å². The lowest BCUT2D eigenvalue weighted by atomic mass is 9.95. The predicted octanol–water partition coefficient (Wildman–Crippen LogP) is 4.14. The maximum absolute atomic E-state index is 12.2. The summed E-state index contributed by atoms with van der Waals surface area (Å²) >= 11 is 0. The normalized spacial score (nSPS) is 10.5. The lowest BCUT2D eigenvalue weighted by molar-refractivity contribution is -0.118. The Kier molecular flexibility index (Phi) is 6.48. The second kappa shape index (κ2) is 7.88. The number of rotatable bonds is 8. The van der Waals surface area contributed by atoms with Gasteiger partial charge in [-0.2, -0.15) is 0 Å². The number of unbranched alkanes of at least 4 members (excludes halogenated alkanes) is 1. The molecule has 0 unspecified atom stereocenters. The molecule has 0 amide bonds. The maximum atomic E-state index is 12.2. The number of benzene rings is 1. The highest BCUT2D eigenvalue weighted by atomic mass is 16.1. The van der Waals surface area contributed by atoms with E-state index in [1.165, 1.54) is 0 Å². The molecule has 19 heavy (non-hydrogen) atoms. The van der Waals surface area contributed by atoms with E-state index in [9.17, 15) is 9.59 Å². The Balaban J connectivity index is 2.82. The number of ketones is 2. The molecule has 104 valence electrons. The van der Waals surface area contributed by atoms with Crippen LogP contribution in [0.5, 0.6) is 0 Å². The van der Waals surface area contributed by atoms with E-state index in [0.717, 1.165) is 42.4 Å². The summed E-state index contributed by atoms with van der Waals surface area (Å²) < 4.78 is 0. The molecule has 2 nitrogen and oxygen atoms in total. The van der Waals surface area contributed by atoms with Gasteiger partial charge in [-0.15, -0.1) is 0 Å². The van der Waals surface area contributed by atoms with Crippen LogP contribution in [0, 0.1) is 0 Å². The molecule has 0 aliphatic rings. The van der Waals surface area contributed by atoms with Gasteiger partial charge in [0, 0.05) is 12.0 Å². The van der Waals surface area contributed by atoms with Crippen LogP contribution in [0.4, 0.5) is 0 Å². The standard InChI is InChI=1S/C17H24O2/c1-4-7-8-15(18)12-17(19)16-11-13(5-2)9-10-14(16)6-3/h9-11H,4-8,12H2,1-3H3.